The van der Waals surface area contributed by atoms with Crippen LogP contribution in [0, 0.1) is 5.92 Å². The first-order valence-electron chi connectivity index (χ1n) is 8.23. The van der Waals surface area contributed by atoms with Gasteiger partial charge in [0.05, 0.1) is 12.7 Å². The minimum Gasteiger partial charge on any atom is -0.496 e. The van der Waals surface area contributed by atoms with Crippen LogP contribution in [0.3, 0.4) is 0 Å². The number of nitrogens with zero attached hydrogens (tertiary/aromatic N) is 1. The Kier molecular flexibility index (Phi) is 4.94. The molecule has 1 atom stereocenters. The van der Waals surface area contributed by atoms with Crippen LogP contribution >= 0.6 is 0 Å². The molecule has 0 aliphatic carbocycles. The number of rotatable bonds is 5. The van der Waals surface area contributed by atoms with Gasteiger partial charge in [0.25, 0.3) is 0 Å². The Labute approximate surface area is 137 Å². The lowest BCUT2D eigenvalue weighted by molar-refractivity contribution is 0.0886. The van der Waals surface area contributed by atoms with Crippen molar-refractivity contribution in [1.82, 2.24) is 10.2 Å². The van der Waals surface area contributed by atoms with Gasteiger partial charge in [0.2, 0.25) is 0 Å². The molecule has 2 aromatic rings. The number of benzene rings is 2. The molecule has 0 bridgehead atoms. The van der Waals surface area contributed by atoms with Gasteiger partial charge in [0, 0.05) is 38.6 Å². The third-order valence-electron chi connectivity index (χ3n) is 4.55. The Balaban J connectivity index is 1.89. The second-order valence-electron chi connectivity index (χ2n) is 6.18. The van der Waals surface area contributed by atoms with Gasteiger partial charge in [-0.1, -0.05) is 37.3 Å². The molecule has 0 spiro atoms. The van der Waals surface area contributed by atoms with Crippen molar-refractivity contribution in [1.29, 1.82) is 0 Å². The highest BCUT2D eigenvalue weighted by atomic mass is 16.5. The van der Waals surface area contributed by atoms with Crippen molar-refractivity contribution in [3.05, 3.63) is 42.0 Å². The number of nitrogens with one attached hydrogen (secondary N) is 1. The molecule has 1 saturated heterocycles. The number of ether oxygens (including phenoxy) is 1. The van der Waals surface area contributed by atoms with E-state index in [-0.39, 0.29) is 11.7 Å². The standard InChI is InChI=1S/C19H24N2O2/c1-14(13-21-11-9-20-10-12-21)19(22)18-16-6-4-3-5-15(16)7-8-17(18)23-2/h3-8,14,20H,9-13H2,1-2H3. The second kappa shape index (κ2) is 7.11. The Hall–Kier alpha value is -1.91. The Bertz CT molecular complexity index is 693. The monoisotopic (exact) mass is 312 g/mol. The first kappa shape index (κ1) is 16.0. The molecule has 1 fully saturated rings. The number of hydrogen-bond donors (Lipinski definition) is 1. The zero-order valence-corrected chi connectivity index (χ0v) is 13.8. The van der Waals surface area contributed by atoms with E-state index in [1.54, 1.807) is 7.11 Å². The van der Waals surface area contributed by atoms with Crippen LogP contribution in [-0.4, -0.2) is 50.5 Å². The first-order chi connectivity index (χ1) is 11.2. The van der Waals surface area contributed by atoms with Gasteiger partial charge in [0.15, 0.2) is 5.78 Å². The number of carbonyl (C=O) groups excluding carboxylic acids is 1. The molecule has 0 amide bonds. The summed E-state index contributed by atoms with van der Waals surface area (Å²) < 4.78 is 5.47. The Morgan fingerprint density at radius 1 is 1.22 bits per heavy atom. The summed E-state index contributed by atoms with van der Waals surface area (Å²) in [5, 5.41) is 5.40. The highest BCUT2D eigenvalue weighted by molar-refractivity contribution is 6.11. The Morgan fingerprint density at radius 3 is 2.70 bits per heavy atom. The van der Waals surface area contributed by atoms with Gasteiger partial charge in [-0.05, 0) is 16.8 Å². The van der Waals surface area contributed by atoms with Crippen LogP contribution in [-0.2, 0) is 0 Å². The fraction of sp³-hybridized carbons (Fsp3) is 0.421. The number of hydrogen-bond acceptors (Lipinski definition) is 4. The molecule has 1 unspecified atom stereocenters. The SMILES string of the molecule is COc1ccc2ccccc2c1C(=O)C(C)CN1CCNCC1. The molecular formula is C19H24N2O2. The third-order valence-corrected chi connectivity index (χ3v) is 4.55. The average molecular weight is 312 g/mol. The fourth-order valence-corrected chi connectivity index (χ4v) is 3.29. The van der Waals surface area contributed by atoms with Crippen LogP contribution in [0.15, 0.2) is 36.4 Å². The molecule has 0 radical (unpaired) electrons. The van der Waals surface area contributed by atoms with Gasteiger partial charge >= 0.3 is 0 Å². The molecular weight excluding hydrogens is 288 g/mol. The second-order valence-corrected chi connectivity index (χ2v) is 6.18. The lowest BCUT2D eigenvalue weighted by Crippen LogP contribution is -2.45. The highest BCUT2D eigenvalue weighted by Gasteiger charge is 2.24. The van der Waals surface area contributed by atoms with Crippen LogP contribution in [0.2, 0.25) is 0 Å². The van der Waals surface area contributed by atoms with E-state index in [4.69, 9.17) is 4.74 Å². The quantitative estimate of drug-likeness (QED) is 0.862. The van der Waals surface area contributed by atoms with E-state index >= 15 is 0 Å². The average Bonchev–Trinajstić information content (AvgIpc) is 2.61. The van der Waals surface area contributed by atoms with Crippen molar-refractivity contribution in [2.45, 2.75) is 6.92 Å². The molecule has 1 aliphatic rings. The number of fused-ring (bicyclic) bond motifs is 1. The minimum absolute atomic E-state index is 0.0483. The summed E-state index contributed by atoms with van der Waals surface area (Å²) in [6, 6.07) is 11.9. The molecule has 3 rings (SSSR count). The Morgan fingerprint density at radius 2 is 1.96 bits per heavy atom. The van der Waals surface area contributed by atoms with Gasteiger partial charge in [-0.15, -0.1) is 0 Å². The molecule has 23 heavy (non-hydrogen) atoms. The van der Waals surface area contributed by atoms with E-state index in [0.717, 1.165) is 43.5 Å². The molecule has 1 aliphatic heterocycles. The number of methoxy groups -OCH3 is 1. The maximum Gasteiger partial charge on any atom is 0.171 e. The van der Waals surface area contributed by atoms with Crippen LogP contribution in [0.5, 0.6) is 5.75 Å². The predicted octanol–water partition coefficient (Wildman–Crippen LogP) is 2.57. The smallest absolute Gasteiger partial charge is 0.171 e. The van der Waals surface area contributed by atoms with E-state index in [9.17, 15) is 4.79 Å². The van der Waals surface area contributed by atoms with E-state index < -0.39 is 0 Å². The molecule has 1 heterocycles. The molecule has 0 aromatic heterocycles. The summed E-state index contributed by atoms with van der Waals surface area (Å²) in [6.07, 6.45) is 0. The van der Waals surface area contributed by atoms with Crippen molar-refractivity contribution in [2.24, 2.45) is 5.92 Å². The van der Waals surface area contributed by atoms with Crippen LogP contribution < -0.4 is 10.1 Å². The van der Waals surface area contributed by atoms with Crippen LogP contribution in [0.25, 0.3) is 10.8 Å². The summed E-state index contributed by atoms with van der Waals surface area (Å²) in [5.41, 5.74) is 0.716. The highest BCUT2D eigenvalue weighted by Crippen LogP contribution is 2.30. The third kappa shape index (κ3) is 3.38. The van der Waals surface area contributed by atoms with Crippen LogP contribution in [0.1, 0.15) is 17.3 Å². The number of Topliss-reactive ketones (excluding diaryl/α,β-unsaturated/α-hetero) is 1. The molecule has 4 nitrogen and oxygen atoms in total. The van der Waals surface area contributed by atoms with Crippen molar-refractivity contribution in [3.63, 3.8) is 0 Å². The van der Waals surface area contributed by atoms with Gasteiger partial charge < -0.3 is 15.0 Å². The minimum atomic E-state index is -0.0483. The number of carbonyl (C=O) groups is 1. The summed E-state index contributed by atoms with van der Waals surface area (Å²) in [5.74, 6) is 0.783. The molecule has 4 heteroatoms. The van der Waals surface area contributed by atoms with Gasteiger partial charge in [-0.2, -0.15) is 0 Å². The normalized spacial score (nSPS) is 17.1. The van der Waals surface area contributed by atoms with Crippen molar-refractivity contribution < 1.29 is 9.53 Å². The fourth-order valence-electron chi connectivity index (χ4n) is 3.29. The van der Waals surface area contributed by atoms with Crippen molar-refractivity contribution in [2.75, 3.05) is 39.8 Å². The summed E-state index contributed by atoms with van der Waals surface area (Å²) in [6.45, 7) is 6.82. The summed E-state index contributed by atoms with van der Waals surface area (Å²) >= 11 is 0. The molecule has 2 aromatic carbocycles. The summed E-state index contributed by atoms with van der Waals surface area (Å²) in [4.78, 5) is 15.4. The van der Waals surface area contributed by atoms with E-state index in [1.165, 1.54) is 0 Å². The van der Waals surface area contributed by atoms with Gasteiger partial charge in [-0.25, -0.2) is 0 Å². The zero-order valence-electron chi connectivity index (χ0n) is 13.8. The molecule has 122 valence electrons. The maximum absolute atomic E-state index is 13.1. The zero-order chi connectivity index (χ0) is 16.2. The van der Waals surface area contributed by atoms with Crippen molar-refractivity contribution in [3.8, 4) is 5.75 Å². The molecule has 1 N–H and O–H groups in total. The largest absolute Gasteiger partial charge is 0.496 e. The number of ketones is 1. The lowest BCUT2D eigenvalue weighted by Gasteiger charge is -2.29. The topological polar surface area (TPSA) is 41.6 Å². The van der Waals surface area contributed by atoms with E-state index in [0.29, 0.717) is 11.3 Å². The van der Waals surface area contributed by atoms with Gasteiger partial charge in [0.1, 0.15) is 5.75 Å². The predicted molar refractivity (Wildman–Crippen MR) is 93.3 cm³/mol. The number of piperazine rings is 1. The molecule has 0 saturated carbocycles. The van der Waals surface area contributed by atoms with Gasteiger partial charge in [-0.3, -0.25) is 4.79 Å². The van der Waals surface area contributed by atoms with E-state index in [2.05, 4.69) is 10.2 Å². The lowest BCUT2D eigenvalue weighted by atomic mass is 9.93. The van der Waals surface area contributed by atoms with Crippen LogP contribution in [0.4, 0.5) is 0 Å². The maximum atomic E-state index is 13.1. The first-order valence-corrected chi connectivity index (χ1v) is 8.23. The van der Waals surface area contributed by atoms with E-state index in [1.807, 2.05) is 43.3 Å². The van der Waals surface area contributed by atoms with Crippen molar-refractivity contribution >= 4 is 16.6 Å². The summed E-state index contributed by atoms with van der Waals surface area (Å²) in [7, 11) is 1.63.